The molecule has 1 heterocycles. The zero-order chi connectivity index (χ0) is 14.7. The van der Waals surface area contributed by atoms with Crippen LogP contribution in [-0.4, -0.2) is 46.6 Å². The van der Waals surface area contributed by atoms with Crippen molar-refractivity contribution in [1.82, 2.24) is 4.90 Å². The first-order valence-corrected chi connectivity index (χ1v) is 7.60. The zero-order valence-corrected chi connectivity index (χ0v) is 12.4. The van der Waals surface area contributed by atoms with Crippen LogP contribution in [0, 0.1) is 6.92 Å². The fourth-order valence-electron chi connectivity index (χ4n) is 2.25. The number of hydrogen-bond acceptors (Lipinski definition) is 3. The van der Waals surface area contributed by atoms with Gasteiger partial charge in [0.1, 0.15) is 0 Å². The van der Waals surface area contributed by atoms with Crippen LogP contribution in [0.15, 0.2) is 18.2 Å². The van der Waals surface area contributed by atoms with Gasteiger partial charge in [0.15, 0.2) is 0 Å². The van der Waals surface area contributed by atoms with E-state index in [0.29, 0.717) is 11.3 Å². The molecule has 2 rings (SSSR count). The van der Waals surface area contributed by atoms with Gasteiger partial charge in [-0.1, -0.05) is 12.1 Å². The van der Waals surface area contributed by atoms with Crippen molar-refractivity contribution in [2.45, 2.75) is 19.4 Å². The van der Waals surface area contributed by atoms with Crippen molar-refractivity contribution in [2.24, 2.45) is 0 Å². The lowest BCUT2D eigenvalue weighted by atomic mass is 10.1. The van der Waals surface area contributed by atoms with Gasteiger partial charge < -0.3 is 15.3 Å². The fourth-order valence-corrected chi connectivity index (χ4v) is 3.52. The maximum Gasteiger partial charge on any atom is 0.338 e. The number of nitrogens with zero attached hydrogens (tertiary/aromatic N) is 1. The Bertz CT molecular complexity index is 527. The summed E-state index contributed by atoms with van der Waals surface area (Å²) < 4.78 is 0. The molecule has 108 valence electrons. The van der Waals surface area contributed by atoms with Crippen LogP contribution >= 0.6 is 11.8 Å². The Kier molecular flexibility index (Phi) is 4.54. The molecular formula is C14H18N2O3S. The summed E-state index contributed by atoms with van der Waals surface area (Å²) in [5, 5.41) is 11.9. The maximum absolute atomic E-state index is 12.2. The van der Waals surface area contributed by atoms with Crippen molar-refractivity contribution in [3.05, 3.63) is 29.3 Å². The summed E-state index contributed by atoms with van der Waals surface area (Å²) in [6.07, 6.45) is 0.980. The minimum absolute atomic E-state index is 0.148. The number of urea groups is 1. The summed E-state index contributed by atoms with van der Waals surface area (Å²) in [6, 6.07) is 5.04. The quantitative estimate of drug-likeness (QED) is 0.899. The second kappa shape index (κ2) is 6.17. The fraction of sp³-hybridized carbons (Fsp3) is 0.429. The van der Waals surface area contributed by atoms with E-state index < -0.39 is 5.97 Å². The third kappa shape index (κ3) is 3.07. The molecule has 0 spiro atoms. The number of carbonyl (C=O) groups is 2. The van der Waals surface area contributed by atoms with E-state index in [1.807, 2.05) is 11.8 Å². The minimum Gasteiger partial charge on any atom is -0.478 e. The molecule has 0 aromatic heterocycles. The van der Waals surface area contributed by atoms with Crippen LogP contribution < -0.4 is 5.32 Å². The third-order valence-electron chi connectivity index (χ3n) is 3.50. The largest absolute Gasteiger partial charge is 0.478 e. The van der Waals surface area contributed by atoms with Crippen LogP contribution in [-0.2, 0) is 0 Å². The van der Waals surface area contributed by atoms with Crippen molar-refractivity contribution >= 4 is 29.4 Å². The van der Waals surface area contributed by atoms with Gasteiger partial charge in [-0.3, -0.25) is 0 Å². The number of amides is 2. The number of hydrogen-bond donors (Lipinski definition) is 2. The topological polar surface area (TPSA) is 69.6 Å². The summed E-state index contributed by atoms with van der Waals surface area (Å²) in [5.74, 6) is 0.967. The Labute approximate surface area is 122 Å². The molecule has 0 saturated carbocycles. The lowest BCUT2D eigenvalue weighted by Crippen LogP contribution is -2.40. The van der Waals surface area contributed by atoms with E-state index in [1.165, 1.54) is 0 Å². The smallest absolute Gasteiger partial charge is 0.338 e. The Hall–Kier alpha value is -1.69. The van der Waals surface area contributed by atoms with Gasteiger partial charge >= 0.3 is 12.0 Å². The molecule has 1 saturated heterocycles. The Balaban J connectivity index is 2.15. The molecule has 2 N–H and O–H groups in total. The second-order valence-electron chi connectivity index (χ2n) is 4.86. The SMILES string of the molecule is Cc1cccc(NC(=O)N(C)C2CCSC2)c1C(=O)O. The highest BCUT2D eigenvalue weighted by Gasteiger charge is 2.25. The second-order valence-corrected chi connectivity index (χ2v) is 6.01. The molecule has 20 heavy (non-hydrogen) atoms. The first-order valence-electron chi connectivity index (χ1n) is 6.45. The van der Waals surface area contributed by atoms with Crippen molar-refractivity contribution < 1.29 is 14.7 Å². The predicted octanol–water partition coefficient (Wildman–Crippen LogP) is 2.66. The average Bonchev–Trinajstić information content (AvgIpc) is 2.91. The Morgan fingerprint density at radius 1 is 1.45 bits per heavy atom. The maximum atomic E-state index is 12.2. The molecule has 1 aromatic rings. The summed E-state index contributed by atoms with van der Waals surface area (Å²) in [6.45, 7) is 1.72. The van der Waals surface area contributed by atoms with E-state index in [1.54, 1.807) is 37.1 Å². The van der Waals surface area contributed by atoms with E-state index in [0.717, 1.165) is 17.9 Å². The molecule has 1 aromatic carbocycles. The molecule has 0 aliphatic carbocycles. The summed E-state index contributed by atoms with van der Waals surface area (Å²) in [7, 11) is 1.75. The minimum atomic E-state index is -1.03. The monoisotopic (exact) mass is 294 g/mol. The van der Waals surface area contributed by atoms with Crippen LogP contribution in [0.2, 0.25) is 0 Å². The number of aromatic carboxylic acids is 1. The molecule has 1 aliphatic heterocycles. The highest BCUT2D eigenvalue weighted by Crippen LogP contribution is 2.23. The van der Waals surface area contributed by atoms with Gasteiger partial charge in [-0.15, -0.1) is 0 Å². The molecule has 1 atom stereocenters. The van der Waals surface area contributed by atoms with Gasteiger partial charge in [-0.2, -0.15) is 11.8 Å². The number of aryl methyl sites for hydroxylation is 1. The number of carboxylic acids is 1. The average molecular weight is 294 g/mol. The zero-order valence-electron chi connectivity index (χ0n) is 11.5. The molecule has 5 nitrogen and oxygen atoms in total. The van der Waals surface area contributed by atoms with E-state index in [4.69, 9.17) is 0 Å². The van der Waals surface area contributed by atoms with Crippen molar-refractivity contribution in [1.29, 1.82) is 0 Å². The highest BCUT2D eigenvalue weighted by molar-refractivity contribution is 7.99. The molecule has 6 heteroatoms. The summed E-state index contributed by atoms with van der Waals surface area (Å²) >= 11 is 1.83. The molecule has 1 unspecified atom stereocenters. The van der Waals surface area contributed by atoms with Gasteiger partial charge in [-0.05, 0) is 30.7 Å². The van der Waals surface area contributed by atoms with Gasteiger partial charge in [0, 0.05) is 18.8 Å². The third-order valence-corrected chi connectivity index (χ3v) is 4.65. The predicted molar refractivity (Wildman–Crippen MR) is 80.7 cm³/mol. The highest BCUT2D eigenvalue weighted by atomic mass is 32.2. The Morgan fingerprint density at radius 3 is 2.80 bits per heavy atom. The number of benzene rings is 1. The number of anilines is 1. The number of thioether (sulfide) groups is 1. The van der Waals surface area contributed by atoms with Gasteiger partial charge in [0.2, 0.25) is 0 Å². The molecule has 0 bridgehead atoms. The van der Waals surface area contributed by atoms with Crippen LogP contribution in [0.5, 0.6) is 0 Å². The standard InChI is InChI=1S/C14H18N2O3S/c1-9-4-3-5-11(12(9)13(17)18)15-14(19)16(2)10-6-7-20-8-10/h3-5,10H,6-8H2,1-2H3,(H,15,19)(H,17,18). The molecule has 1 aliphatic rings. The van der Waals surface area contributed by atoms with Gasteiger partial charge in [0.25, 0.3) is 0 Å². The lowest BCUT2D eigenvalue weighted by molar-refractivity contribution is 0.0697. The number of rotatable bonds is 3. The van der Waals surface area contributed by atoms with Gasteiger partial charge in [0.05, 0.1) is 11.3 Å². The van der Waals surface area contributed by atoms with E-state index >= 15 is 0 Å². The lowest BCUT2D eigenvalue weighted by Gasteiger charge is -2.24. The summed E-state index contributed by atoms with van der Waals surface area (Å²) in [5.41, 5.74) is 1.13. The van der Waals surface area contributed by atoms with Crippen LogP contribution in [0.25, 0.3) is 0 Å². The molecular weight excluding hydrogens is 276 g/mol. The summed E-state index contributed by atoms with van der Waals surface area (Å²) in [4.78, 5) is 25.1. The first-order chi connectivity index (χ1) is 9.50. The van der Waals surface area contributed by atoms with Crippen LogP contribution in [0.1, 0.15) is 22.3 Å². The van der Waals surface area contributed by atoms with E-state index in [9.17, 15) is 14.7 Å². The van der Waals surface area contributed by atoms with Crippen molar-refractivity contribution in [3.63, 3.8) is 0 Å². The first kappa shape index (κ1) is 14.7. The number of nitrogens with one attached hydrogen (secondary N) is 1. The van der Waals surface area contributed by atoms with Crippen LogP contribution in [0.3, 0.4) is 0 Å². The van der Waals surface area contributed by atoms with Crippen LogP contribution in [0.4, 0.5) is 10.5 Å². The number of carboxylic acid groups (broad SMARTS) is 1. The molecule has 1 fully saturated rings. The van der Waals surface area contributed by atoms with E-state index in [-0.39, 0.29) is 17.6 Å². The Morgan fingerprint density at radius 2 is 2.20 bits per heavy atom. The molecule has 0 radical (unpaired) electrons. The molecule has 2 amide bonds. The van der Waals surface area contributed by atoms with E-state index in [2.05, 4.69) is 5.32 Å². The van der Waals surface area contributed by atoms with Crippen molar-refractivity contribution in [3.8, 4) is 0 Å². The van der Waals surface area contributed by atoms with Crippen molar-refractivity contribution in [2.75, 3.05) is 23.9 Å². The number of carbonyl (C=O) groups excluding carboxylic acids is 1. The normalized spacial score (nSPS) is 17.8. The van der Waals surface area contributed by atoms with Gasteiger partial charge in [-0.25, -0.2) is 9.59 Å².